The van der Waals surface area contributed by atoms with Crippen LogP contribution in [0.5, 0.6) is 11.5 Å². The highest BCUT2D eigenvalue weighted by Crippen LogP contribution is 2.37. The van der Waals surface area contributed by atoms with E-state index < -0.39 is 0 Å². The van der Waals surface area contributed by atoms with Crippen LogP contribution >= 0.6 is 11.6 Å². The molecule has 0 spiro atoms. The molecule has 1 N–H and O–H groups in total. The summed E-state index contributed by atoms with van der Waals surface area (Å²) in [6, 6.07) is 21.3. The molecule has 5 nitrogen and oxygen atoms in total. The summed E-state index contributed by atoms with van der Waals surface area (Å²) < 4.78 is 10.7. The molecular weight excluding hydrogens is 424 g/mol. The Morgan fingerprint density at radius 1 is 0.969 bits per heavy atom. The molecule has 1 heterocycles. The van der Waals surface area contributed by atoms with Crippen molar-refractivity contribution >= 4 is 34.1 Å². The predicted octanol–water partition coefficient (Wildman–Crippen LogP) is 6.06. The van der Waals surface area contributed by atoms with Crippen molar-refractivity contribution in [2.75, 3.05) is 19.5 Å². The number of methoxy groups -OCH3 is 2. The first-order valence-electron chi connectivity index (χ1n) is 10.2. The number of rotatable bonds is 6. The second kappa shape index (κ2) is 9.28. The smallest absolute Gasteiger partial charge is 0.228 e. The van der Waals surface area contributed by atoms with Gasteiger partial charge < -0.3 is 14.8 Å². The van der Waals surface area contributed by atoms with Crippen LogP contribution < -0.4 is 14.8 Å². The van der Waals surface area contributed by atoms with Crippen LogP contribution in [0.1, 0.15) is 11.3 Å². The minimum atomic E-state index is -0.190. The van der Waals surface area contributed by atoms with Crippen LogP contribution in [0.25, 0.3) is 22.0 Å². The van der Waals surface area contributed by atoms with Crippen molar-refractivity contribution in [1.82, 2.24) is 4.98 Å². The van der Waals surface area contributed by atoms with E-state index in [-0.39, 0.29) is 12.3 Å². The van der Waals surface area contributed by atoms with Crippen molar-refractivity contribution in [1.29, 1.82) is 0 Å². The van der Waals surface area contributed by atoms with Crippen LogP contribution in [-0.2, 0) is 11.2 Å². The summed E-state index contributed by atoms with van der Waals surface area (Å²) in [7, 11) is 3.05. The van der Waals surface area contributed by atoms with E-state index in [0.717, 1.165) is 33.3 Å². The van der Waals surface area contributed by atoms with Crippen LogP contribution in [-0.4, -0.2) is 25.1 Å². The number of halogens is 1. The Morgan fingerprint density at radius 3 is 2.38 bits per heavy atom. The number of fused-ring (bicyclic) bond motifs is 1. The number of carbonyl (C=O) groups is 1. The van der Waals surface area contributed by atoms with E-state index in [2.05, 4.69) is 17.4 Å². The summed E-state index contributed by atoms with van der Waals surface area (Å²) in [6.45, 7) is 1.94. The molecule has 0 fully saturated rings. The largest absolute Gasteiger partial charge is 0.495 e. The molecule has 0 saturated heterocycles. The molecule has 4 rings (SSSR count). The van der Waals surface area contributed by atoms with Gasteiger partial charge in [-0.1, -0.05) is 60.1 Å². The topological polar surface area (TPSA) is 60.5 Å². The lowest BCUT2D eigenvalue weighted by molar-refractivity contribution is -0.115. The molecule has 0 bridgehead atoms. The third-order valence-electron chi connectivity index (χ3n) is 5.35. The lowest BCUT2D eigenvalue weighted by Gasteiger charge is -2.17. The number of ether oxygens (including phenoxy) is 2. The zero-order valence-corrected chi connectivity index (χ0v) is 18.9. The first-order chi connectivity index (χ1) is 15.5. The SMILES string of the molecule is COc1cc(NC(=O)Cc2c(C)nc3ccccc3c2-c2ccccc2)c(OC)cc1Cl. The van der Waals surface area contributed by atoms with Crippen LogP contribution in [0.15, 0.2) is 66.7 Å². The summed E-state index contributed by atoms with van der Waals surface area (Å²) in [5.74, 6) is 0.724. The molecule has 0 aliphatic heterocycles. The molecule has 6 heteroatoms. The fourth-order valence-electron chi connectivity index (χ4n) is 3.84. The molecule has 0 aliphatic rings. The number of para-hydroxylation sites is 1. The normalized spacial score (nSPS) is 10.8. The van der Waals surface area contributed by atoms with Gasteiger partial charge in [0.1, 0.15) is 11.5 Å². The lowest BCUT2D eigenvalue weighted by Crippen LogP contribution is -2.17. The summed E-state index contributed by atoms with van der Waals surface area (Å²) in [5, 5.41) is 4.35. The minimum absolute atomic E-state index is 0.155. The van der Waals surface area contributed by atoms with Gasteiger partial charge in [0.15, 0.2) is 0 Å². The Kier molecular flexibility index (Phi) is 6.28. The summed E-state index contributed by atoms with van der Waals surface area (Å²) in [5.41, 5.74) is 5.15. The Labute approximate surface area is 192 Å². The number of nitrogens with zero attached hydrogens (tertiary/aromatic N) is 1. The van der Waals surface area contributed by atoms with Gasteiger partial charge in [0.2, 0.25) is 5.91 Å². The van der Waals surface area contributed by atoms with Gasteiger partial charge in [-0.15, -0.1) is 0 Å². The van der Waals surface area contributed by atoms with E-state index in [4.69, 9.17) is 26.1 Å². The van der Waals surface area contributed by atoms with Crippen molar-refractivity contribution in [3.05, 3.63) is 83.0 Å². The highest BCUT2D eigenvalue weighted by molar-refractivity contribution is 6.32. The summed E-state index contributed by atoms with van der Waals surface area (Å²) >= 11 is 6.19. The van der Waals surface area contributed by atoms with E-state index in [9.17, 15) is 4.79 Å². The van der Waals surface area contributed by atoms with E-state index in [0.29, 0.717) is 22.2 Å². The molecular formula is C26H23ClN2O3. The number of benzene rings is 3. The quantitative estimate of drug-likeness (QED) is 0.391. The molecule has 1 aromatic heterocycles. The van der Waals surface area contributed by atoms with E-state index in [1.807, 2.05) is 49.4 Å². The van der Waals surface area contributed by atoms with Crippen LogP contribution in [0.3, 0.4) is 0 Å². The number of carbonyl (C=O) groups excluding carboxylic acids is 1. The predicted molar refractivity (Wildman–Crippen MR) is 129 cm³/mol. The number of aryl methyl sites for hydroxylation is 1. The molecule has 0 saturated carbocycles. The van der Waals surface area contributed by atoms with Gasteiger partial charge in [0.05, 0.1) is 36.9 Å². The van der Waals surface area contributed by atoms with Gasteiger partial charge in [-0.25, -0.2) is 0 Å². The number of anilines is 1. The number of nitrogens with one attached hydrogen (secondary N) is 1. The first-order valence-corrected chi connectivity index (χ1v) is 10.5. The van der Waals surface area contributed by atoms with Crippen LogP contribution in [0, 0.1) is 6.92 Å². The average Bonchev–Trinajstić information content (AvgIpc) is 2.81. The molecule has 0 radical (unpaired) electrons. The third kappa shape index (κ3) is 4.25. The highest BCUT2D eigenvalue weighted by Gasteiger charge is 2.19. The van der Waals surface area contributed by atoms with E-state index in [1.165, 1.54) is 14.2 Å². The minimum Gasteiger partial charge on any atom is -0.495 e. The van der Waals surface area contributed by atoms with Crippen LogP contribution in [0.4, 0.5) is 5.69 Å². The van der Waals surface area contributed by atoms with Crippen molar-refractivity contribution in [3.8, 4) is 22.6 Å². The van der Waals surface area contributed by atoms with Gasteiger partial charge in [-0.3, -0.25) is 9.78 Å². The second-order valence-corrected chi connectivity index (χ2v) is 7.75. The second-order valence-electron chi connectivity index (χ2n) is 7.35. The number of aromatic nitrogens is 1. The standard InChI is InChI=1S/C26H23ClN2O3/c1-16-19(13-25(30)29-22-15-23(31-2)20(27)14-24(22)32-3)26(17-9-5-4-6-10-17)18-11-7-8-12-21(18)28-16/h4-12,14-15H,13H2,1-3H3,(H,29,30). The molecule has 0 unspecified atom stereocenters. The number of pyridine rings is 1. The highest BCUT2D eigenvalue weighted by atomic mass is 35.5. The first kappa shape index (κ1) is 21.7. The third-order valence-corrected chi connectivity index (χ3v) is 5.64. The van der Waals surface area contributed by atoms with E-state index in [1.54, 1.807) is 12.1 Å². The lowest BCUT2D eigenvalue weighted by atomic mass is 9.92. The maximum atomic E-state index is 13.1. The molecule has 4 aromatic rings. The molecule has 32 heavy (non-hydrogen) atoms. The van der Waals surface area contributed by atoms with Gasteiger partial charge in [0.25, 0.3) is 0 Å². The molecule has 0 aliphatic carbocycles. The Hall–Kier alpha value is -3.57. The van der Waals surface area contributed by atoms with Gasteiger partial charge in [0, 0.05) is 23.2 Å². The van der Waals surface area contributed by atoms with Crippen molar-refractivity contribution in [3.63, 3.8) is 0 Å². The fraction of sp³-hybridized carbons (Fsp3) is 0.154. The molecule has 0 atom stereocenters. The average molecular weight is 447 g/mol. The van der Waals surface area contributed by atoms with Gasteiger partial charge in [-0.2, -0.15) is 0 Å². The maximum absolute atomic E-state index is 13.1. The van der Waals surface area contributed by atoms with Crippen molar-refractivity contribution in [2.45, 2.75) is 13.3 Å². The van der Waals surface area contributed by atoms with Crippen LogP contribution in [0.2, 0.25) is 5.02 Å². The zero-order valence-electron chi connectivity index (χ0n) is 18.1. The fourth-order valence-corrected chi connectivity index (χ4v) is 4.07. The van der Waals surface area contributed by atoms with E-state index >= 15 is 0 Å². The number of hydrogen-bond donors (Lipinski definition) is 1. The summed E-state index contributed by atoms with van der Waals surface area (Å²) in [6.07, 6.45) is 0.155. The number of amides is 1. The molecule has 3 aromatic carbocycles. The monoisotopic (exact) mass is 446 g/mol. The molecule has 162 valence electrons. The zero-order chi connectivity index (χ0) is 22.7. The Balaban J connectivity index is 1.75. The van der Waals surface area contributed by atoms with Crippen molar-refractivity contribution in [2.24, 2.45) is 0 Å². The van der Waals surface area contributed by atoms with Gasteiger partial charge >= 0.3 is 0 Å². The Bertz CT molecular complexity index is 1290. The van der Waals surface area contributed by atoms with Gasteiger partial charge in [-0.05, 0) is 29.7 Å². The summed E-state index contributed by atoms with van der Waals surface area (Å²) in [4.78, 5) is 17.9. The number of hydrogen-bond acceptors (Lipinski definition) is 4. The maximum Gasteiger partial charge on any atom is 0.228 e. The Morgan fingerprint density at radius 2 is 1.66 bits per heavy atom. The molecule has 1 amide bonds. The van der Waals surface area contributed by atoms with Crippen molar-refractivity contribution < 1.29 is 14.3 Å².